The van der Waals surface area contributed by atoms with Gasteiger partial charge in [-0.05, 0) is 45.2 Å². The van der Waals surface area contributed by atoms with E-state index >= 15 is 0 Å². The van der Waals surface area contributed by atoms with Gasteiger partial charge in [-0.15, -0.1) is 0 Å². The average molecular weight is 246 g/mol. The van der Waals surface area contributed by atoms with Crippen LogP contribution in [0.15, 0.2) is 24.3 Å². The van der Waals surface area contributed by atoms with Crippen molar-refractivity contribution in [2.24, 2.45) is 0 Å². The van der Waals surface area contributed by atoms with E-state index in [4.69, 9.17) is 9.31 Å². The van der Waals surface area contributed by atoms with Crippen molar-refractivity contribution in [3.63, 3.8) is 0 Å². The summed E-state index contributed by atoms with van der Waals surface area (Å²) in [6.45, 7) is 10.5. The standard InChI is InChI=1S/C15H23BO2/c1-6-12-8-7-9-13(10-12)11-16-17-14(2,3)15(4,5)18-16/h7-10H,6,11H2,1-5H3. The number of benzene rings is 1. The molecule has 0 saturated carbocycles. The van der Waals surface area contributed by atoms with Crippen molar-refractivity contribution in [2.75, 3.05) is 0 Å². The highest BCUT2D eigenvalue weighted by atomic mass is 16.7. The summed E-state index contributed by atoms with van der Waals surface area (Å²) in [6.07, 6.45) is 1.89. The Morgan fingerprint density at radius 2 is 1.56 bits per heavy atom. The van der Waals surface area contributed by atoms with Crippen LogP contribution in [0.25, 0.3) is 0 Å². The molecule has 0 bridgehead atoms. The lowest BCUT2D eigenvalue weighted by molar-refractivity contribution is 0.00578. The molecule has 2 nitrogen and oxygen atoms in total. The lowest BCUT2D eigenvalue weighted by Crippen LogP contribution is -2.41. The summed E-state index contributed by atoms with van der Waals surface area (Å²) in [5.41, 5.74) is 2.18. The maximum absolute atomic E-state index is 6.02. The van der Waals surface area contributed by atoms with Gasteiger partial charge in [0, 0.05) is 6.32 Å². The molecule has 1 fully saturated rings. The summed E-state index contributed by atoms with van der Waals surface area (Å²) in [4.78, 5) is 0. The predicted octanol–water partition coefficient (Wildman–Crippen LogP) is 3.42. The zero-order valence-electron chi connectivity index (χ0n) is 12.1. The number of rotatable bonds is 3. The lowest BCUT2D eigenvalue weighted by Gasteiger charge is -2.32. The van der Waals surface area contributed by atoms with Crippen LogP contribution < -0.4 is 0 Å². The van der Waals surface area contributed by atoms with Gasteiger partial charge in [-0.3, -0.25) is 0 Å². The minimum absolute atomic E-state index is 0.137. The molecular formula is C15H23BO2. The maximum atomic E-state index is 6.02. The monoisotopic (exact) mass is 246 g/mol. The van der Waals surface area contributed by atoms with Gasteiger partial charge in [0.2, 0.25) is 0 Å². The van der Waals surface area contributed by atoms with Crippen LogP contribution in [0.5, 0.6) is 0 Å². The van der Waals surface area contributed by atoms with Gasteiger partial charge in [0.15, 0.2) is 0 Å². The van der Waals surface area contributed by atoms with Crippen molar-refractivity contribution >= 4 is 7.12 Å². The largest absolute Gasteiger partial charge is 0.462 e. The van der Waals surface area contributed by atoms with Gasteiger partial charge in [0.05, 0.1) is 11.2 Å². The third kappa shape index (κ3) is 2.62. The normalized spacial score (nSPS) is 21.3. The van der Waals surface area contributed by atoms with Crippen LogP contribution >= 0.6 is 0 Å². The highest BCUT2D eigenvalue weighted by Gasteiger charge is 2.50. The Balaban J connectivity index is 2.07. The van der Waals surface area contributed by atoms with Crippen LogP contribution in [0.2, 0.25) is 0 Å². The zero-order chi connectivity index (χ0) is 13.4. The van der Waals surface area contributed by atoms with Crippen molar-refractivity contribution in [2.45, 2.75) is 58.6 Å². The van der Waals surface area contributed by atoms with E-state index in [1.165, 1.54) is 11.1 Å². The van der Waals surface area contributed by atoms with Gasteiger partial charge in [0.1, 0.15) is 0 Å². The van der Waals surface area contributed by atoms with Gasteiger partial charge in [-0.1, -0.05) is 31.2 Å². The molecule has 3 heteroatoms. The fourth-order valence-electron chi connectivity index (χ4n) is 2.22. The molecule has 0 aromatic heterocycles. The van der Waals surface area contributed by atoms with E-state index in [-0.39, 0.29) is 18.3 Å². The molecule has 1 aromatic rings. The second-order valence-electron chi connectivity index (χ2n) is 6.06. The molecule has 1 heterocycles. The van der Waals surface area contributed by atoms with Crippen molar-refractivity contribution < 1.29 is 9.31 Å². The first kappa shape index (κ1) is 13.6. The third-order valence-corrected chi connectivity index (χ3v) is 4.10. The summed E-state index contributed by atoms with van der Waals surface area (Å²) in [6, 6.07) is 8.66. The van der Waals surface area contributed by atoms with E-state index in [1.807, 2.05) is 0 Å². The van der Waals surface area contributed by atoms with Crippen LogP contribution in [-0.4, -0.2) is 18.3 Å². The van der Waals surface area contributed by atoms with Crippen molar-refractivity contribution in [1.82, 2.24) is 0 Å². The second-order valence-corrected chi connectivity index (χ2v) is 6.06. The van der Waals surface area contributed by atoms with Gasteiger partial charge in [0.25, 0.3) is 0 Å². The molecule has 0 unspecified atom stereocenters. The molecule has 1 aromatic carbocycles. The van der Waals surface area contributed by atoms with E-state index in [2.05, 4.69) is 58.9 Å². The molecule has 1 aliphatic rings. The fraction of sp³-hybridized carbons (Fsp3) is 0.600. The maximum Gasteiger partial charge on any atom is 0.462 e. The molecule has 1 saturated heterocycles. The van der Waals surface area contributed by atoms with E-state index < -0.39 is 0 Å². The molecule has 2 rings (SSSR count). The molecule has 1 aliphatic heterocycles. The van der Waals surface area contributed by atoms with Gasteiger partial charge >= 0.3 is 7.12 Å². The predicted molar refractivity (Wildman–Crippen MR) is 75.6 cm³/mol. The summed E-state index contributed by atoms with van der Waals surface area (Å²) >= 11 is 0. The first-order valence-corrected chi connectivity index (χ1v) is 6.77. The van der Waals surface area contributed by atoms with E-state index in [1.54, 1.807) is 0 Å². The minimum atomic E-state index is -0.236. The fourth-order valence-corrected chi connectivity index (χ4v) is 2.22. The van der Waals surface area contributed by atoms with Gasteiger partial charge < -0.3 is 9.31 Å². The molecule has 0 amide bonds. The van der Waals surface area contributed by atoms with Crippen LogP contribution in [0.1, 0.15) is 45.7 Å². The summed E-state index contributed by atoms with van der Waals surface area (Å²) in [7, 11) is -0.137. The molecule has 0 aliphatic carbocycles. The topological polar surface area (TPSA) is 18.5 Å². The molecular weight excluding hydrogens is 223 g/mol. The summed E-state index contributed by atoms with van der Waals surface area (Å²) in [5.74, 6) is 0. The van der Waals surface area contributed by atoms with E-state index in [0.29, 0.717) is 0 Å². The van der Waals surface area contributed by atoms with Gasteiger partial charge in [-0.25, -0.2) is 0 Å². The molecule has 18 heavy (non-hydrogen) atoms. The van der Waals surface area contributed by atoms with Crippen molar-refractivity contribution in [3.8, 4) is 0 Å². The highest BCUT2D eigenvalue weighted by Crippen LogP contribution is 2.37. The van der Waals surface area contributed by atoms with E-state index in [9.17, 15) is 0 Å². The summed E-state index contributed by atoms with van der Waals surface area (Å²) < 4.78 is 12.0. The first-order valence-electron chi connectivity index (χ1n) is 6.77. The Bertz CT molecular complexity index is 410. The minimum Gasteiger partial charge on any atom is -0.403 e. The molecule has 98 valence electrons. The van der Waals surface area contributed by atoms with E-state index in [0.717, 1.165) is 12.7 Å². The first-order chi connectivity index (χ1) is 8.34. The Hall–Kier alpha value is -0.795. The lowest BCUT2D eigenvalue weighted by atomic mass is 9.80. The van der Waals surface area contributed by atoms with Crippen LogP contribution in [0.3, 0.4) is 0 Å². The third-order valence-electron chi connectivity index (χ3n) is 4.10. The van der Waals surface area contributed by atoms with Crippen molar-refractivity contribution in [1.29, 1.82) is 0 Å². The highest BCUT2D eigenvalue weighted by molar-refractivity contribution is 6.45. The van der Waals surface area contributed by atoms with Gasteiger partial charge in [-0.2, -0.15) is 0 Å². The molecule has 0 radical (unpaired) electrons. The Morgan fingerprint density at radius 1 is 1.00 bits per heavy atom. The van der Waals surface area contributed by atoms with Crippen LogP contribution in [0.4, 0.5) is 0 Å². The molecule has 0 spiro atoms. The Labute approximate surface area is 111 Å². The second kappa shape index (κ2) is 4.71. The Kier molecular flexibility index (Phi) is 3.57. The quantitative estimate of drug-likeness (QED) is 0.761. The average Bonchev–Trinajstić information content (AvgIpc) is 2.47. The SMILES string of the molecule is CCc1cccc(CB2OC(C)(C)C(C)(C)O2)c1. The van der Waals surface area contributed by atoms with Crippen LogP contribution in [-0.2, 0) is 22.0 Å². The van der Waals surface area contributed by atoms with Crippen molar-refractivity contribution in [3.05, 3.63) is 35.4 Å². The molecule has 0 atom stereocenters. The molecule has 0 N–H and O–H groups in total. The number of hydrogen-bond acceptors (Lipinski definition) is 2. The Morgan fingerprint density at radius 3 is 2.11 bits per heavy atom. The summed E-state index contributed by atoms with van der Waals surface area (Å²) in [5, 5.41) is 0. The number of hydrogen-bond donors (Lipinski definition) is 0. The zero-order valence-corrected chi connectivity index (χ0v) is 12.1. The van der Waals surface area contributed by atoms with Crippen LogP contribution in [0, 0.1) is 0 Å². The smallest absolute Gasteiger partial charge is 0.403 e. The number of aryl methyl sites for hydroxylation is 1.